The minimum atomic E-state index is 0.375. The molecule has 0 amide bonds. The third-order valence-electron chi connectivity index (χ3n) is 0.694. The molecule has 0 bridgehead atoms. The molecule has 0 saturated heterocycles. The molecular weight excluding hydrogens is 106 g/mol. The second-order valence-electron chi connectivity index (χ2n) is 1.46. The van der Waals surface area contributed by atoms with Crippen LogP contribution in [0.25, 0.3) is 0 Å². The van der Waals surface area contributed by atoms with Crippen LogP contribution in [0.3, 0.4) is 0 Å². The van der Waals surface area contributed by atoms with Crippen molar-refractivity contribution >= 4 is 0 Å². The fourth-order valence-corrected chi connectivity index (χ4v) is 0.328. The second-order valence-corrected chi connectivity index (χ2v) is 1.46. The number of hydrogen-bond acceptors (Lipinski definition) is 3. The van der Waals surface area contributed by atoms with Crippen molar-refractivity contribution in [2.45, 2.75) is 6.42 Å². The quantitative estimate of drug-likeness (QED) is 0.408. The summed E-state index contributed by atoms with van der Waals surface area (Å²) in [6.45, 7) is 1.76. The number of ether oxygens (including phenoxy) is 2. The van der Waals surface area contributed by atoms with Crippen LogP contribution in [0.15, 0.2) is 0 Å². The fourth-order valence-electron chi connectivity index (χ4n) is 0.328. The Bertz CT molecular complexity index is 35.4. The summed E-state index contributed by atoms with van der Waals surface area (Å²) in [6.07, 6.45) is 0.906. The third kappa shape index (κ3) is 5.88. The summed E-state index contributed by atoms with van der Waals surface area (Å²) in [6, 6.07) is 0. The summed E-state index contributed by atoms with van der Waals surface area (Å²) in [7, 11) is 1.60. The standard InChI is InChI=1S/C5H13NO2/c1-7-5-8-4-2-3-6/h2-6H2,1H3. The predicted octanol–water partition coefficient (Wildman–Crippen LogP) is -0.0443. The van der Waals surface area contributed by atoms with Crippen molar-refractivity contribution in [2.75, 3.05) is 27.1 Å². The average Bonchev–Trinajstić information content (AvgIpc) is 1.81. The van der Waals surface area contributed by atoms with E-state index in [2.05, 4.69) is 4.74 Å². The summed E-state index contributed by atoms with van der Waals surface area (Å²) in [5.41, 5.74) is 5.19. The van der Waals surface area contributed by atoms with Gasteiger partial charge in [-0.25, -0.2) is 0 Å². The van der Waals surface area contributed by atoms with Crippen LogP contribution in [-0.4, -0.2) is 27.1 Å². The smallest absolute Gasteiger partial charge is 0.146 e. The van der Waals surface area contributed by atoms with Gasteiger partial charge in [-0.15, -0.1) is 0 Å². The van der Waals surface area contributed by atoms with Crippen LogP contribution >= 0.6 is 0 Å². The minimum absolute atomic E-state index is 0.375. The van der Waals surface area contributed by atoms with E-state index in [1.165, 1.54) is 0 Å². The highest BCUT2D eigenvalue weighted by Crippen LogP contribution is 1.77. The van der Waals surface area contributed by atoms with Crippen LogP contribution in [0.4, 0.5) is 0 Å². The first-order valence-electron chi connectivity index (χ1n) is 2.68. The Hall–Kier alpha value is -0.120. The lowest BCUT2D eigenvalue weighted by Gasteiger charge is -1.98. The molecule has 0 aromatic carbocycles. The first-order valence-corrected chi connectivity index (χ1v) is 2.68. The van der Waals surface area contributed by atoms with Crippen molar-refractivity contribution in [1.29, 1.82) is 0 Å². The Morgan fingerprint density at radius 3 is 2.75 bits per heavy atom. The first kappa shape index (κ1) is 7.88. The molecule has 0 aromatic heterocycles. The van der Waals surface area contributed by atoms with Gasteiger partial charge in [0.2, 0.25) is 0 Å². The summed E-state index contributed by atoms with van der Waals surface area (Å²) in [4.78, 5) is 0. The molecule has 0 fully saturated rings. The van der Waals surface area contributed by atoms with Crippen molar-refractivity contribution in [3.63, 3.8) is 0 Å². The zero-order chi connectivity index (χ0) is 6.24. The van der Waals surface area contributed by atoms with E-state index in [1.807, 2.05) is 0 Å². The highest BCUT2D eigenvalue weighted by Gasteiger charge is 1.81. The van der Waals surface area contributed by atoms with E-state index in [4.69, 9.17) is 10.5 Å². The van der Waals surface area contributed by atoms with Crippen LogP contribution in [0.2, 0.25) is 0 Å². The summed E-state index contributed by atoms with van der Waals surface area (Å²) in [5, 5.41) is 0. The van der Waals surface area contributed by atoms with Gasteiger partial charge in [-0.05, 0) is 13.0 Å². The molecule has 0 aromatic rings. The van der Waals surface area contributed by atoms with E-state index in [1.54, 1.807) is 7.11 Å². The molecule has 0 aliphatic rings. The maximum absolute atomic E-state index is 5.19. The van der Waals surface area contributed by atoms with Gasteiger partial charge in [-0.2, -0.15) is 0 Å². The molecule has 0 heterocycles. The van der Waals surface area contributed by atoms with Crippen LogP contribution in [-0.2, 0) is 9.47 Å². The molecule has 0 rings (SSSR count). The Kier molecular flexibility index (Phi) is 6.78. The molecule has 0 unspecified atom stereocenters. The third-order valence-corrected chi connectivity index (χ3v) is 0.694. The van der Waals surface area contributed by atoms with E-state index in [-0.39, 0.29) is 0 Å². The maximum Gasteiger partial charge on any atom is 0.146 e. The zero-order valence-corrected chi connectivity index (χ0v) is 5.22. The molecule has 2 N–H and O–H groups in total. The maximum atomic E-state index is 5.19. The first-order chi connectivity index (χ1) is 3.91. The van der Waals surface area contributed by atoms with Gasteiger partial charge in [0.05, 0.1) is 6.61 Å². The molecule has 0 aliphatic heterocycles. The molecule has 0 spiro atoms. The van der Waals surface area contributed by atoms with Gasteiger partial charge in [-0.1, -0.05) is 0 Å². The van der Waals surface area contributed by atoms with Gasteiger partial charge in [0.15, 0.2) is 0 Å². The summed E-state index contributed by atoms with van der Waals surface area (Å²) >= 11 is 0. The molecular formula is C5H13NO2. The molecule has 8 heavy (non-hydrogen) atoms. The zero-order valence-electron chi connectivity index (χ0n) is 5.22. The van der Waals surface area contributed by atoms with E-state index in [0.717, 1.165) is 6.42 Å². The molecule has 0 radical (unpaired) electrons. The van der Waals surface area contributed by atoms with E-state index in [0.29, 0.717) is 19.9 Å². The van der Waals surface area contributed by atoms with Crippen LogP contribution in [0.1, 0.15) is 6.42 Å². The predicted molar refractivity (Wildman–Crippen MR) is 31.5 cm³/mol. The van der Waals surface area contributed by atoms with Gasteiger partial charge < -0.3 is 15.2 Å². The molecule has 3 nitrogen and oxygen atoms in total. The van der Waals surface area contributed by atoms with Crippen molar-refractivity contribution in [2.24, 2.45) is 5.73 Å². The number of hydrogen-bond donors (Lipinski definition) is 1. The Balaban J connectivity index is 2.53. The highest BCUT2D eigenvalue weighted by atomic mass is 16.7. The van der Waals surface area contributed by atoms with Gasteiger partial charge >= 0.3 is 0 Å². The van der Waals surface area contributed by atoms with Crippen LogP contribution in [0.5, 0.6) is 0 Å². The summed E-state index contributed by atoms with van der Waals surface area (Å²) in [5.74, 6) is 0. The second kappa shape index (κ2) is 6.88. The van der Waals surface area contributed by atoms with Gasteiger partial charge in [-0.3, -0.25) is 0 Å². The molecule has 0 atom stereocenters. The Labute approximate surface area is 49.8 Å². The lowest BCUT2D eigenvalue weighted by molar-refractivity contribution is -0.0305. The molecule has 0 saturated carbocycles. The monoisotopic (exact) mass is 119 g/mol. The van der Waals surface area contributed by atoms with E-state index >= 15 is 0 Å². The summed E-state index contributed by atoms with van der Waals surface area (Å²) < 4.78 is 9.55. The highest BCUT2D eigenvalue weighted by molar-refractivity contribution is 4.32. The normalized spacial score (nSPS) is 9.75. The van der Waals surface area contributed by atoms with Crippen molar-refractivity contribution in [3.05, 3.63) is 0 Å². The lowest BCUT2D eigenvalue weighted by atomic mass is 10.5. The van der Waals surface area contributed by atoms with Gasteiger partial charge in [0.1, 0.15) is 6.79 Å². The topological polar surface area (TPSA) is 44.5 Å². The number of nitrogens with two attached hydrogens (primary N) is 1. The number of rotatable bonds is 5. The minimum Gasteiger partial charge on any atom is -0.359 e. The van der Waals surface area contributed by atoms with E-state index in [9.17, 15) is 0 Å². The lowest BCUT2D eigenvalue weighted by Crippen LogP contribution is -2.05. The van der Waals surface area contributed by atoms with Crippen molar-refractivity contribution < 1.29 is 9.47 Å². The Morgan fingerprint density at radius 2 is 2.25 bits per heavy atom. The Morgan fingerprint density at radius 1 is 1.50 bits per heavy atom. The van der Waals surface area contributed by atoms with Gasteiger partial charge in [0.25, 0.3) is 0 Å². The SMILES string of the molecule is COCOCCCN. The molecule has 50 valence electrons. The van der Waals surface area contributed by atoms with Crippen molar-refractivity contribution in [3.8, 4) is 0 Å². The van der Waals surface area contributed by atoms with Crippen LogP contribution in [0, 0.1) is 0 Å². The molecule has 0 aliphatic carbocycles. The van der Waals surface area contributed by atoms with Crippen molar-refractivity contribution in [1.82, 2.24) is 0 Å². The average molecular weight is 119 g/mol. The fraction of sp³-hybridized carbons (Fsp3) is 1.00. The van der Waals surface area contributed by atoms with E-state index < -0.39 is 0 Å². The van der Waals surface area contributed by atoms with Gasteiger partial charge in [0, 0.05) is 7.11 Å². The van der Waals surface area contributed by atoms with Crippen LogP contribution < -0.4 is 5.73 Å². The largest absolute Gasteiger partial charge is 0.359 e. The molecule has 3 heteroatoms. The number of methoxy groups -OCH3 is 1.